The zero-order chi connectivity index (χ0) is 10.4. The maximum atomic E-state index is 11.5. The van der Waals surface area contributed by atoms with Crippen LogP contribution in [0.4, 0.5) is 4.79 Å². The second kappa shape index (κ2) is 5.86. The van der Waals surface area contributed by atoms with Gasteiger partial charge in [0, 0.05) is 26.3 Å². The van der Waals surface area contributed by atoms with Gasteiger partial charge in [-0.3, -0.25) is 0 Å². The molecule has 4 heteroatoms. The molecule has 0 N–H and O–H groups in total. The molecule has 1 fully saturated rings. The van der Waals surface area contributed by atoms with Gasteiger partial charge < -0.3 is 14.4 Å². The van der Waals surface area contributed by atoms with Gasteiger partial charge in [0.05, 0.1) is 6.61 Å². The summed E-state index contributed by atoms with van der Waals surface area (Å²) >= 11 is 0. The van der Waals surface area contributed by atoms with Crippen LogP contribution >= 0.6 is 0 Å². The zero-order valence-electron chi connectivity index (χ0n) is 8.99. The molecule has 0 aromatic heterocycles. The third-order valence-corrected chi connectivity index (χ3v) is 2.46. The largest absolute Gasteiger partial charge is 0.449 e. The quantitative estimate of drug-likeness (QED) is 0.696. The van der Waals surface area contributed by atoms with Gasteiger partial charge in [-0.25, -0.2) is 4.79 Å². The van der Waals surface area contributed by atoms with Crippen LogP contribution in [0.25, 0.3) is 0 Å². The summed E-state index contributed by atoms with van der Waals surface area (Å²) in [4.78, 5) is 13.2. The van der Waals surface area contributed by atoms with Gasteiger partial charge in [0.15, 0.2) is 0 Å². The van der Waals surface area contributed by atoms with E-state index in [1.165, 1.54) is 0 Å². The Morgan fingerprint density at radius 2 is 2.14 bits per heavy atom. The van der Waals surface area contributed by atoms with E-state index >= 15 is 0 Å². The van der Waals surface area contributed by atoms with Gasteiger partial charge in [-0.1, -0.05) is 6.92 Å². The van der Waals surface area contributed by atoms with E-state index in [0.29, 0.717) is 6.61 Å². The van der Waals surface area contributed by atoms with Crippen LogP contribution in [0, 0.1) is 0 Å². The van der Waals surface area contributed by atoms with E-state index in [4.69, 9.17) is 9.47 Å². The van der Waals surface area contributed by atoms with E-state index in [1.54, 1.807) is 11.9 Å². The summed E-state index contributed by atoms with van der Waals surface area (Å²) in [6, 6.07) is 0.285. The molecule has 1 amide bonds. The fraction of sp³-hybridized carbons (Fsp3) is 0.900. The van der Waals surface area contributed by atoms with Crippen molar-refractivity contribution in [3.63, 3.8) is 0 Å². The van der Waals surface area contributed by atoms with Gasteiger partial charge in [-0.05, 0) is 19.3 Å². The summed E-state index contributed by atoms with van der Waals surface area (Å²) in [5, 5.41) is 0. The number of rotatable bonds is 3. The summed E-state index contributed by atoms with van der Waals surface area (Å²) in [6.07, 6.45) is 2.49. The Kier molecular flexibility index (Phi) is 4.73. The number of hydrogen-bond acceptors (Lipinski definition) is 3. The molecule has 0 saturated carbocycles. The van der Waals surface area contributed by atoms with Crippen molar-refractivity contribution in [2.75, 3.05) is 26.9 Å². The van der Waals surface area contributed by atoms with Gasteiger partial charge in [-0.15, -0.1) is 0 Å². The van der Waals surface area contributed by atoms with Gasteiger partial charge in [0.2, 0.25) is 0 Å². The molecule has 0 spiro atoms. The van der Waals surface area contributed by atoms with Crippen molar-refractivity contribution in [1.29, 1.82) is 0 Å². The monoisotopic (exact) mass is 201 g/mol. The van der Waals surface area contributed by atoms with Crippen molar-refractivity contribution < 1.29 is 14.3 Å². The van der Waals surface area contributed by atoms with E-state index in [2.05, 4.69) is 0 Å². The van der Waals surface area contributed by atoms with Gasteiger partial charge in [0.1, 0.15) is 0 Å². The molecule has 1 aliphatic rings. The minimum Gasteiger partial charge on any atom is -0.449 e. The zero-order valence-corrected chi connectivity index (χ0v) is 8.99. The molecule has 1 aliphatic heterocycles. The first-order valence-electron chi connectivity index (χ1n) is 5.23. The highest BCUT2D eigenvalue weighted by Crippen LogP contribution is 2.13. The Hall–Kier alpha value is -0.770. The second-order valence-electron chi connectivity index (χ2n) is 3.57. The van der Waals surface area contributed by atoms with Gasteiger partial charge in [0.25, 0.3) is 0 Å². The maximum Gasteiger partial charge on any atom is 0.409 e. The van der Waals surface area contributed by atoms with Crippen LogP contribution in [-0.4, -0.2) is 43.9 Å². The number of ether oxygens (including phenoxy) is 2. The third kappa shape index (κ3) is 3.18. The molecule has 0 bridgehead atoms. The molecule has 0 radical (unpaired) electrons. The van der Waals surface area contributed by atoms with E-state index in [9.17, 15) is 4.79 Å². The molecule has 4 nitrogen and oxygen atoms in total. The highest BCUT2D eigenvalue weighted by atomic mass is 16.6. The van der Waals surface area contributed by atoms with Crippen LogP contribution < -0.4 is 0 Å². The van der Waals surface area contributed by atoms with Crippen LogP contribution in [0.5, 0.6) is 0 Å². The predicted octanol–water partition coefficient (Wildman–Crippen LogP) is 1.64. The van der Waals surface area contributed by atoms with Crippen molar-refractivity contribution in [2.45, 2.75) is 32.2 Å². The molecule has 1 saturated heterocycles. The topological polar surface area (TPSA) is 38.8 Å². The summed E-state index contributed by atoms with van der Waals surface area (Å²) < 4.78 is 10.3. The number of nitrogens with zero attached hydrogens (tertiary/aromatic N) is 1. The van der Waals surface area contributed by atoms with E-state index in [-0.39, 0.29) is 12.1 Å². The van der Waals surface area contributed by atoms with E-state index in [0.717, 1.165) is 32.5 Å². The highest BCUT2D eigenvalue weighted by molar-refractivity contribution is 5.67. The van der Waals surface area contributed by atoms with Crippen LogP contribution in [0.15, 0.2) is 0 Å². The SMILES string of the molecule is CCCOC(=O)N(C)C1CCOCC1. The molecule has 1 rings (SSSR count). The predicted molar refractivity (Wildman–Crippen MR) is 53.2 cm³/mol. The smallest absolute Gasteiger partial charge is 0.409 e. The van der Waals surface area contributed by atoms with Crippen molar-refractivity contribution in [2.24, 2.45) is 0 Å². The summed E-state index contributed by atoms with van der Waals surface area (Å²) in [5.41, 5.74) is 0. The first-order valence-corrected chi connectivity index (χ1v) is 5.23. The Morgan fingerprint density at radius 1 is 1.50 bits per heavy atom. The second-order valence-corrected chi connectivity index (χ2v) is 3.57. The molecule has 0 aromatic rings. The van der Waals surface area contributed by atoms with E-state index < -0.39 is 0 Å². The first-order chi connectivity index (χ1) is 6.75. The van der Waals surface area contributed by atoms with Crippen molar-refractivity contribution >= 4 is 6.09 Å². The highest BCUT2D eigenvalue weighted by Gasteiger charge is 2.22. The Bertz CT molecular complexity index is 178. The summed E-state index contributed by atoms with van der Waals surface area (Å²) in [5.74, 6) is 0. The molecule has 1 heterocycles. The lowest BCUT2D eigenvalue weighted by Gasteiger charge is -2.30. The lowest BCUT2D eigenvalue weighted by Crippen LogP contribution is -2.41. The van der Waals surface area contributed by atoms with Crippen molar-refractivity contribution in [3.8, 4) is 0 Å². The van der Waals surface area contributed by atoms with Gasteiger partial charge >= 0.3 is 6.09 Å². The van der Waals surface area contributed by atoms with E-state index in [1.807, 2.05) is 6.92 Å². The minimum atomic E-state index is -0.209. The molecule has 0 aromatic carbocycles. The van der Waals surface area contributed by atoms with Gasteiger partial charge in [-0.2, -0.15) is 0 Å². The lowest BCUT2D eigenvalue weighted by atomic mass is 10.1. The molecule has 0 unspecified atom stereocenters. The average Bonchev–Trinajstić information content (AvgIpc) is 2.26. The molecular formula is C10H19NO3. The lowest BCUT2D eigenvalue weighted by molar-refractivity contribution is 0.0347. The molecule has 0 atom stereocenters. The van der Waals surface area contributed by atoms with Crippen LogP contribution in [0.3, 0.4) is 0 Å². The number of carbonyl (C=O) groups is 1. The standard InChI is InChI=1S/C10H19NO3/c1-3-6-14-10(12)11(2)9-4-7-13-8-5-9/h9H,3-8H2,1-2H3. The normalized spacial score (nSPS) is 17.9. The molecule has 14 heavy (non-hydrogen) atoms. The first kappa shape index (κ1) is 11.3. The number of amides is 1. The Balaban J connectivity index is 2.30. The number of carbonyl (C=O) groups excluding carboxylic acids is 1. The third-order valence-electron chi connectivity index (χ3n) is 2.46. The molecule has 82 valence electrons. The minimum absolute atomic E-state index is 0.209. The van der Waals surface area contributed by atoms with Crippen LogP contribution in [-0.2, 0) is 9.47 Å². The Morgan fingerprint density at radius 3 is 2.71 bits per heavy atom. The van der Waals surface area contributed by atoms with Crippen LogP contribution in [0.2, 0.25) is 0 Å². The Labute approximate surface area is 85.2 Å². The fourth-order valence-electron chi connectivity index (χ4n) is 1.51. The van der Waals surface area contributed by atoms with Crippen LogP contribution in [0.1, 0.15) is 26.2 Å². The van der Waals surface area contributed by atoms with Crippen molar-refractivity contribution in [1.82, 2.24) is 4.90 Å². The fourth-order valence-corrected chi connectivity index (χ4v) is 1.51. The average molecular weight is 201 g/mol. The molecule has 0 aliphatic carbocycles. The maximum absolute atomic E-state index is 11.5. The molecular weight excluding hydrogens is 182 g/mol. The summed E-state index contributed by atoms with van der Waals surface area (Å²) in [6.45, 7) is 3.99. The number of hydrogen-bond donors (Lipinski definition) is 0. The summed E-state index contributed by atoms with van der Waals surface area (Å²) in [7, 11) is 1.80. The van der Waals surface area contributed by atoms with Crippen molar-refractivity contribution in [3.05, 3.63) is 0 Å².